The molecule has 0 unspecified atom stereocenters. The third kappa shape index (κ3) is 2.01. The smallest absolute Gasteiger partial charge is 0.267 e. The molecule has 2 aliphatic heterocycles. The quantitative estimate of drug-likeness (QED) is 0.721. The zero-order valence-electron chi connectivity index (χ0n) is 11.2. The fourth-order valence-electron chi connectivity index (χ4n) is 2.82. The average Bonchev–Trinajstić information content (AvgIpc) is 2.63. The van der Waals surface area contributed by atoms with Crippen molar-refractivity contribution >= 4 is 21.8 Å². The van der Waals surface area contributed by atoms with Crippen LogP contribution in [0, 0.1) is 13.8 Å². The minimum absolute atomic E-state index is 0.121. The molecule has 0 aromatic heterocycles. The summed E-state index contributed by atoms with van der Waals surface area (Å²) in [7, 11) is 0. The van der Waals surface area contributed by atoms with Crippen molar-refractivity contribution in [3.8, 4) is 5.75 Å². The highest BCUT2D eigenvalue weighted by Gasteiger charge is 2.49. The molecule has 1 amide bonds. The zero-order chi connectivity index (χ0) is 14.7. The van der Waals surface area contributed by atoms with Crippen molar-refractivity contribution < 1.29 is 18.3 Å². The molecule has 20 heavy (non-hydrogen) atoms. The number of nitrogens with zero attached hydrogens (tertiary/aromatic N) is 1. The van der Waals surface area contributed by atoms with Crippen molar-refractivity contribution in [1.29, 1.82) is 0 Å². The summed E-state index contributed by atoms with van der Waals surface area (Å²) < 4.78 is 33.4. The van der Waals surface area contributed by atoms with E-state index >= 15 is 0 Å². The van der Waals surface area contributed by atoms with E-state index in [-0.39, 0.29) is 18.9 Å². The van der Waals surface area contributed by atoms with Gasteiger partial charge in [-0.2, -0.15) is 0 Å². The maximum atomic E-state index is 13.5. The Hall–Kier alpha value is -1.17. The molecule has 0 radical (unpaired) electrons. The lowest BCUT2D eigenvalue weighted by Gasteiger charge is -2.19. The summed E-state index contributed by atoms with van der Waals surface area (Å²) in [5.41, 5.74) is 2.22. The number of carbonyl (C=O) groups is 1. The third-order valence-electron chi connectivity index (χ3n) is 4.07. The molecule has 1 saturated heterocycles. The summed E-state index contributed by atoms with van der Waals surface area (Å²) in [5.74, 6) is -2.67. The van der Waals surface area contributed by atoms with E-state index in [0.717, 1.165) is 15.6 Å². The summed E-state index contributed by atoms with van der Waals surface area (Å²) in [6.07, 6.45) is -0.327. The zero-order valence-corrected chi connectivity index (χ0v) is 12.8. The van der Waals surface area contributed by atoms with Crippen LogP contribution in [0.3, 0.4) is 0 Å². The molecule has 2 aliphatic rings. The van der Waals surface area contributed by atoms with Gasteiger partial charge in [0.1, 0.15) is 12.4 Å². The number of benzene rings is 1. The van der Waals surface area contributed by atoms with E-state index in [2.05, 4.69) is 15.9 Å². The molecule has 3 rings (SSSR count). The number of fused-ring (bicyclic) bond motifs is 2. The van der Waals surface area contributed by atoms with Gasteiger partial charge in [0.15, 0.2) is 0 Å². The van der Waals surface area contributed by atoms with Gasteiger partial charge in [0.2, 0.25) is 0 Å². The molecular formula is C14H14BrF2NO2. The Labute approximate surface area is 124 Å². The number of amides is 1. The standard InChI is InChI=1S/C14H14BrF2NO2/c1-7-8(2)12-10(3-11(7)15)13(19)18-6-14(16,17)4-9(18)5-20-12/h3,9H,4-6H2,1-2H3/t9-/m1/s1. The summed E-state index contributed by atoms with van der Waals surface area (Å²) in [4.78, 5) is 13.8. The Kier molecular flexibility index (Phi) is 3.04. The molecule has 1 fully saturated rings. The van der Waals surface area contributed by atoms with Crippen LogP contribution in [0.2, 0.25) is 0 Å². The Morgan fingerprint density at radius 1 is 1.40 bits per heavy atom. The van der Waals surface area contributed by atoms with E-state index in [9.17, 15) is 13.6 Å². The molecule has 1 aromatic carbocycles. The molecule has 0 bridgehead atoms. The van der Waals surface area contributed by atoms with E-state index < -0.39 is 18.5 Å². The maximum absolute atomic E-state index is 13.5. The molecule has 0 spiro atoms. The molecule has 0 aliphatic carbocycles. The number of carbonyl (C=O) groups excluding carboxylic acids is 1. The van der Waals surface area contributed by atoms with Crippen molar-refractivity contribution in [1.82, 2.24) is 4.90 Å². The molecule has 6 heteroatoms. The number of halogens is 3. The van der Waals surface area contributed by atoms with Gasteiger partial charge in [-0.25, -0.2) is 8.78 Å². The normalized spacial score (nSPS) is 23.9. The van der Waals surface area contributed by atoms with Crippen LogP contribution in [0.4, 0.5) is 8.78 Å². The van der Waals surface area contributed by atoms with Crippen LogP contribution in [0.1, 0.15) is 27.9 Å². The molecule has 108 valence electrons. The first-order valence-electron chi connectivity index (χ1n) is 6.41. The summed E-state index contributed by atoms with van der Waals surface area (Å²) >= 11 is 3.40. The van der Waals surface area contributed by atoms with Crippen molar-refractivity contribution in [2.24, 2.45) is 0 Å². The van der Waals surface area contributed by atoms with E-state index in [1.54, 1.807) is 6.07 Å². The van der Waals surface area contributed by atoms with Gasteiger partial charge in [0.25, 0.3) is 11.8 Å². The Morgan fingerprint density at radius 3 is 2.80 bits per heavy atom. The molecule has 0 saturated carbocycles. The largest absolute Gasteiger partial charge is 0.490 e. The molecule has 0 N–H and O–H groups in total. The SMILES string of the molecule is Cc1c(Br)cc2c(c1C)OC[C@H]1CC(F)(F)CN1C2=O. The lowest BCUT2D eigenvalue weighted by molar-refractivity contribution is 0.0113. The first-order chi connectivity index (χ1) is 9.30. The Balaban J connectivity index is 2.09. The predicted octanol–water partition coefficient (Wildman–Crippen LogP) is 3.31. The van der Waals surface area contributed by atoms with Crippen molar-refractivity contribution in [3.63, 3.8) is 0 Å². The summed E-state index contributed by atoms with van der Waals surface area (Å²) in [5, 5.41) is 0. The van der Waals surface area contributed by atoms with Gasteiger partial charge in [0, 0.05) is 10.9 Å². The van der Waals surface area contributed by atoms with Crippen LogP contribution < -0.4 is 4.74 Å². The van der Waals surface area contributed by atoms with Gasteiger partial charge in [-0.1, -0.05) is 15.9 Å². The second-order valence-electron chi connectivity index (χ2n) is 5.44. The van der Waals surface area contributed by atoms with Gasteiger partial charge in [-0.3, -0.25) is 4.79 Å². The average molecular weight is 346 g/mol. The number of hydrogen-bond acceptors (Lipinski definition) is 2. The summed E-state index contributed by atoms with van der Waals surface area (Å²) in [6.45, 7) is 3.39. The van der Waals surface area contributed by atoms with E-state index in [1.165, 1.54) is 4.90 Å². The minimum atomic E-state index is -2.82. The van der Waals surface area contributed by atoms with Crippen LogP contribution >= 0.6 is 15.9 Å². The molecule has 2 heterocycles. The maximum Gasteiger partial charge on any atom is 0.267 e. The second-order valence-corrected chi connectivity index (χ2v) is 6.30. The van der Waals surface area contributed by atoms with Gasteiger partial charge >= 0.3 is 0 Å². The molecular weight excluding hydrogens is 332 g/mol. The first-order valence-corrected chi connectivity index (χ1v) is 7.21. The molecule has 1 atom stereocenters. The van der Waals surface area contributed by atoms with E-state index in [1.807, 2.05) is 13.8 Å². The predicted molar refractivity (Wildman–Crippen MR) is 73.5 cm³/mol. The lowest BCUT2D eigenvalue weighted by atomic mass is 10.0. The van der Waals surface area contributed by atoms with Crippen LogP contribution in [0.25, 0.3) is 0 Å². The number of ether oxygens (including phenoxy) is 1. The molecule has 3 nitrogen and oxygen atoms in total. The van der Waals surface area contributed by atoms with Crippen LogP contribution in [0.15, 0.2) is 10.5 Å². The number of rotatable bonds is 0. The summed E-state index contributed by atoms with van der Waals surface area (Å²) in [6, 6.07) is 1.11. The highest BCUT2D eigenvalue weighted by atomic mass is 79.9. The Bertz CT molecular complexity index is 603. The number of hydrogen-bond donors (Lipinski definition) is 0. The third-order valence-corrected chi connectivity index (χ3v) is 4.89. The monoisotopic (exact) mass is 345 g/mol. The Morgan fingerprint density at radius 2 is 2.10 bits per heavy atom. The van der Waals surface area contributed by atoms with Crippen molar-refractivity contribution in [3.05, 3.63) is 27.2 Å². The van der Waals surface area contributed by atoms with Crippen molar-refractivity contribution in [2.75, 3.05) is 13.2 Å². The number of alkyl halides is 2. The van der Waals surface area contributed by atoms with Crippen LogP contribution in [-0.4, -0.2) is 35.9 Å². The fraction of sp³-hybridized carbons (Fsp3) is 0.500. The van der Waals surface area contributed by atoms with E-state index in [0.29, 0.717) is 11.3 Å². The fourth-order valence-corrected chi connectivity index (χ4v) is 3.34. The first kappa shape index (κ1) is 13.8. The minimum Gasteiger partial charge on any atom is -0.490 e. The second kappa shape index (κ2) is 4.41. The molecule has 1 aromatic rings. The van der Waals surface area contributed by atoms with Crippen molar-refractivity contribution in [2.45, 2.75) is 32.2 Å². The topological polar surface area (TPSA) is 29.5 Å². The van der Waals surface area contributed by atoms with E-state index in [4.69, 9.17) is 4.74 Å². The van der Waals surface area contributed by atoms with Gasteiger partial charge in [0.05, 0.1) is 18.2 Å². The van der Waals surface area contributed by atoms with Gasteiger partial charge in [-0.05, 0) is 31.0 Å². The van der Waals surface area contributed by atoms with Gasteiger partial charge < -0.3 is 9.64 Å². The lowest BCUT2D eigenvalue weighted by Crippen LogP contribution is -2.37. The van der Waals surface area contributed by atoms with Crippen LogP contribution in [-0.2, 0) is 0 Å². The highest BCUT2D eigenvalue weighted by molar-refractivity contribution is 9.10. The van der Waals surface area contributed by atoms with Gasteiger partial charge in [-0.15, -0.1) is 0 Å². The highest BCUT2D eigenvalue weighted by Crippen LogP contribution is 2.40. The van der Waals surface area contributed by atoms with Crippen LogP contribution in [0.5, 0.6) is 5.75 Å².